The number of carbonyl (C=O) groups is 1. The van der Waals surface area contributed by atoms with Gasteiger partial charge in [0, 0.05) is 18.8 Å². The van der Waals surface area contributed by atoms with E-state index in [1.165, 1.54) is 6.07 Å². The molecule has 0 radical (unpaired) electrons. The first-order valence-electron chi connectivity index (χ1n) is 7.89. The third-order valence-electron chi connectivity index (χ3n) is 3.74. The van der Waals surface area contributed by atoms with Gasteiger partial charge in [0.25, 0.3) is 5.91 Å². The monoisotopic (exact) mass is 361 g/mol. The highest BCUT2D eigenvalue weighted by Crippen LogP contribution is 2.18. The summed E-state index contributed by atoms with van der Waals surface area (Å²) < 4.78 is 24.9. The Morgan fingerprint density at radius 1 is 1.08 bits per heavy atom. The van der Waals surface area contributed by atoms with Crippen LogP contribution in [-0.4, -0.2) is 43.9 Å². The number of sulfonamides is 1. The third-order valence-corrected chi connectivity index (χ3v) is 4.34. The lowest BCUT2D eigenvalue weighted by atomic mass is 10.2. The number of amides is 1. The van der Waals surface area contributed by atoms with Gasteiger partial charge in [0.2, 0.25) is 10.0 Å². The molecule has 0 unspecified atom stereocenters. The van der Waals surface area contributed by atoms with Crippen LogP contribution >= 0.6 is 0 Å². The molecule has 2 aromatic rings. The fourth-order valence-corrected chi connectivity index (χ4v) is 3.19. The van der Waals surface area contributed by atoms with Crippen LogP contribution in [0, 0.1) is 0 Å². The van der Waals surface area contributed by atoms with Crippen LogP contribution in [0.1, 0.15) is 23.3 Å². The average molecular weight is 361 g/mol. The molecule has 132 valence electrons. The molecule has 1 aromatic heterocycles. The van der Waals surface area contributed by atoms with Gasteiger partial charge in [-0.3, -0.25) is 9.52 Å². The molecule has 0 atom stereocenters. The summed E-state index contributed by atoms with van der Waals surface area (Å²) in [6.07, 6.45) is 3.35. The molecular formula is C16H19N5O3S. The van der Waals surface area contributed by atoms with Crippen LogP contribution in [-0.2, 0) is 10.0 Å². The fourth-order valence-electron chi connectivity index (χ4n) is 2.63. The molecule has 0 bridgehead atoms. The maximum absolute atomic E-state index is 12.3. The quantitative estimate of drug-likeness (QED) is 0.840. The molecule has 1 aliphatic heterocycles. The molecule has 3 rings (SSSR count). The van der Waals surface area contributed by atoms with Crippen molar-refractivity contribution >= 4 is 33.1 Å². The van der Waals surface area contributed by atoms with Gasteiger partial charge in [-0.25, -0.2) is 8.42 Å². The Hall–Kier alpha value is -2.68. The van der Waals surface area contributed by atoms with Gasteiger partial charge in [0.05, 0.1) is 11.9 Å². The molecule has 1 amide bonds. The summed E-state index contributed by atoms with van der Waals surface area (Å²) in [7, 11) is -3.38. The number of carbonyl (C=O) groups excluding carboxylic acids is 1. The third kappa shape index (κ3) is 4.66. The summed E-state index contributed by atoms with van der Waals surface area (Å²) in [5.41, 5.74) is 1.03. The minimum absolute atomic E-state index is 0.199. The van der Waals surface area contributed by atoms with Crippen molar-refractivity contribution in [2.24, 2.45) is 0 Å². The molecule has 1 fully saturated rings. The SMILES string of the molecule is CS(=O)(=O)Nc1cccc(NC(=O)c2ccc(N3CCCC3)nn2)c1. The largest absolute Gasteiger partial charge is 0.355 e. The number of rotatable bonds is 5. The van der Waals surface area contributed by atoms with E-state index in [2.05, 4.69) is 25.1 Å². The lowest BCUT2D eigenvalue weighted by Gasteiger charge is -2.15. The second-order valence-electron chi connectivity index (χ2n) is 5.88. The highest BCUT2D eigenvalue weighted by Gasteiger charge is 2.15. The van der Waals surface area contributed by atoms with Gasteiger partial charge in [-0.1, -0.05) is 6.07 Å². The summed E-state index contributed by atoms with van der Waals surface area (Å²) in [4.78, 5) is 14.4. The van der Waals surface area contributed by atoms with Crippen LogP contribution < -0.4 is 14.9 Å². The van der Waals surface area contributed by atoms with E-state index >= 15 is 0 Å². The molecule has 1 saturated heterocycles. The number of nitrogens with one attached hydrogen (secondary N) is 2. The second kappa shape index (κ2) is 7.06. The van der Waals surface area contributed by atoms with Gasteiger partial charge in [-0.05, 0) is 43.2 Å². The Balaban J connectivity index is 1.68. The summed E-state index contributed by atoms with van der Waals surface area (Å²) in [5, 5.41) is 10.8. The first-order chi connectivity index (χ1) is 11.9. The number of nitrogens with zero attached hydrogens (tertiary/aromatic N) is 3. The van der Waals surface area contributed by atoms with Gasteiger partial charge in [-0.2, -0.15) is 0 Å². The normalized spacial score (nSPS) is 14.4. The number of hydrogen-bond donors (Lipinski definition) is 2. The molecular weight excluding hydrogens is 342 g/mol. The van der Waals surface area contributed by atoms with Crippen LogP contribution in [0.4, 0.5) is 17.2 Å². The van der Waals surface area contributed by atoms with Crippen molar-refractivity contribution in [3.05, 3.63) is 42.1 Å². The summed E-state index contributed by atoms with van der Waals surface area (Å²) in [5.74, 6) is 0.366. The van der Waals surface area contributed by atoms with E-state index in [4.69, 9.17) is 0 Å². The van der Waals surface area contributed by atoms with Crippen LogP contribution in [0.25, 0.3) is 0 Å². The molecule has 2 N–H and O–H groups in total. The molecule has 8 nitrogen and oxygen atoms in total. The Morgan fingerprint density at radius 2 is 1.80 bits per heavy atom. The highest BCUT2D eigenvalue weighted by atomic mass is 32.2. The van der Waals surface area contributed by atoms with Crippen molar-refractivity contribution in [2.45, 2.75) is 12.8 Å². The van der Waals surface area contributed by atoms with Gasteiger partial charge < -0.3 is 10.2 Å². The van der Waals surface area contributed by atoms with Crippen molar-refractivity contribution in [3.63, 3.8) is 0 Å². The fraction of sp³-hybridized carbons (Fsp3) is 0.312. The summed E-state index contributed by atoms with van der Waals surface area (Å²) in [6, 6.07) is 9.86. The zero-order valence-electron chi connectivity index (χ0n) is 13.8. The molecule has 0 spiro atoms. The molecule has 1 aliphatic rings. The van der Waals surface area contributed by atoms with E-state index in [0.717, 1.165) is 38.0 Å². The Labute approximate surface area is 146 Å². The van der Waals surface area contributed by atoms with Crippen LogP contribution in [0.2, 0.25) is 0 Å². The number of benzene rings is 1. The molecule has 25 heavy (non-hydrogen) atoms. The van der Waals surface area contributed by atoms with E-state index in [0.29, 0.717) is 11.4 Å². The first-order valence-corrected chi connectivity index (χ1v) is 9.78. The lowest BCUT2D eigenvalue weighted by Crippen LogP contribution is -2.21. The van der Waals surface area contributed by atoms with Gasteiger partial charge in [0.15, 0.2) is 11.5 Å². The smallest absolute Gasteiger partial charge is 0.276 e. The van der Waals surface area contributed by atoms with Crippen LogP contribution in [0.5, 0.6) is 0 Å². The van der Waals surface area contributed by atoms with Crippen molar-refractivity contribution in [2.75, 3.05) is 34.3 Å². The predicted octanol–water partition coefficient (Wildman–Crippen LogP) is 1.70. The van der Waals surface area contributed by atoms with E-state index in [1.807, 2.05) is 0 Å². The van der Waals surface area contributed by atoms with Crippen molar-refractivity contribution in [3.8, 4) is 0 Å². The number of aromatic nitrogens is 2. The number of hydrogen-bond acceptors (Lipinski definition) is 6. The Bertz CT molecular complexity index is 862. The lowest BCUT2D eigenvalue weighted by molar-refractivity contribution is 0.102. The minimum Gasteiger partial charge on any atom is -0.355 e. The van der Waals surface area contributed by atoms with E-state index in [1.54, 1.807) is 30.3 Å². The topological polar surface area (TPSA) is 104 Å². The van der Waals surface area contributed by atoms with Crippen molar-refractivity contribution in [1.29, 1.82) is 0 Å². The highest BCUT2D eigenvalue weighted by molar-refractivity contribution is 7.92. The maximum atomic E-state index is 12.3. The number of anilines is 3. The minimum atomic E-state index is -3.38. The second-order valence-corrected chi connectivity index (χ2v) is 7.63. The van der Waals surface area contributed by atoms with Gasteiger partial charge in [0.1, 0.15) is 0 Å². The standard InChI is InChI=1S/C16H19N5O3S/c1-25(23,24)20-13-6-4-5-12(11-13)17-16(22)14-7-8-15(19-18-14)21-9-2-3-10-21/h4-8,11,20H,2-3,9-10H2,1H3,(H,17,22). The Morgan fingerprint density at radius 3 is 2.44 bits per heavy atom. The molecule has 0 aliphatic carbocycles. The Kier molecular flexibility index (Phi) is 4.84. The molecule has 9 heteroatoms. The molecule has 0 saturated carbocycles. The average Bonchev–Trinajstić information content (AvgIpc) is 3.08. The molecule has 2 heterocycles. The maximum Gasteiger partial charge on any atom is 0.276 e. The van der Waals surface area contributed by atoms with Crippen molar-refractivity contribution in [1.82, 2.24) is 10.2 Å². The van der Waals surface area contributed by atoms with Crippen LogP contribution in [0.15, 0.2) is 36.4 Å². The van der Waals surface area contributed by atoms with Gasteiger partial charge >= 0.3 is 0 Å². The first kappa shape index (κ1) is 17.2. The van der Waals surface area contributed by atoms with Crippen molar-refractivity contribution < 1.29 is 13.2 Å². The van der Waals surface area contributed by atoms with E-state index < -0.39 is 15.9 Å². The van der Waals surface area contributed by atoms with E-state index in [-0.39, 0.29) is 5.69 Å². The summed E-state index contributed by atoms with van der Waals surface area (Å²) >= 11 is 0. The zero-order chi connectivity index (χ0) is 17.9. The summed E-state index contributed by atoms with van der Waals surface area (Å²) in [6.45, 7) is 1.92. The molecule has 1 aromatic carbocycles. The van der Waals surface area contributed by atoms with E-state index in [9.17, 15) is 13.2 Å². The zero-order valence-corrected chi connectivity index (χ0v) is 14.6. The van der Waals surface area contributed by atoms with Crippen LogP contribution in [0.3, 0.4) is 0 Å². The van der Waals surface area contributed by atoms with Gasteiger partial charge in [-0.15, -0.1) is 10.2 Å². The predicted molar refractivity (Wildman–Crippen MR) is 96.3 cm³/mol.